The SMILES string of the molecule is [CH2-]OCCCCCCC[Si](C)(C)O[Si](C)(C)O[Si](C)(C)O[Si](C)(C)O.[CH2-]OCCCCCCC[Si](C)(C)O[Si](C)(C)O[Si](C)(C)O[Si](C)(C)O.[Rf]. The molecule has 0 aliphatic heterocycles. The van der Waals surface area contributed by atoms with Crippen molar-refractivity contribution in [2.75, 3.05) is 13.2 Å². The second-order valence-corrected chi connectivity index (χ2v) is 47.4. The second kappa shape index (κ2) is 24.8. The maximum absolute atomic E-state index is 10.0. The molecule has 0 aromatic rings. The Bertz CT molecular complexity index is 817. The van der Waals surface area contributed by atoms with E-state index in [1.807, 2.05) is 26.2 Å². The molecule has 0 aromatic carbocycles. The van der Waals surface area contributed by atoms with Gasteiger partial charge in [0.1, 0.15) is 0 Å². The molecule has 10 nitrogen and oxygen atoms in total. The first-order valence-electron chi connectivity index (χ1n) is 18.8. The molecule has 0 saturated carbocycles. The maximum Gasteiger partial charge on any atom is 0.320 e. The van der Waals surface area contributed by atoms with Crippen molar-refractivity contribution in [2.45, 2.75) is 181 Å². The van der Waals surface area contributed by atoms with Gasteiger partial charge < -0.3 is 43.8 Å². The van der Waals surface area contributed by atoms with Crippen LogP contribution in [0.1, 0.15) is 64.2 Å². The van der Waals surface area contributed by atoms with Gasteiger partial charge in [-0.3, -0.25) is 0 Å². The van der Waals surface area contributed by atoms with E-state index < -0.39 is 68.0 Å². The van der Waals surface area contributed by atoms with Crippen molar-refractivity contribution in [1.82, 2.24) is 0 Å². The first-order chi connectivity index (χ1) is 22.4. The van der Waals surface area contributed by atoms with Crippen molar-refractivity contribution in [3.8, 4) is 0 Å². The number of unbranched alkanes of at least 4 members (excludes halogenated alkanes) is 8. The van der Waals surface area contributed by atoms with Gasteiger partial charge in [0.25, 0.3) is 0 Å². The molecule has 0 fully saturated rings. The van der Waals surface area contributed by atoms with Crippen molar-refractivity contribution < 1.29 is 43.8 Å². The van der Waals surface area contributed by atoms with Crippen molar-refractivity contribution in [3.63, 3.8) is 0 Å². The topological polar surface area (TPSA) is 114 Å². The summed E-state index contributed by atoms with van der Waals surface area (Å²) in [5.41, 5.74) is 0. The minimum Gasteiger partial charge on any atom is -0.555 e. The molecular formula is C32H82O10RfSi8-2. The van der Waals surface area contributed by atoms with E-state index in [4.69, 9.17) is 34.2 Å². The van der Waals surface area contributed by atoms with Crippen molar-refractivity contribution in [1.29, 1.82) is 0 Å². The van der Waals surface area contributed by atoms with Gasteiger partial charge in [-0.1, -0.05) is 51.4 Å². The summed E-state index contributed by atoms with van der Waals surface area (Å²) in [6.07, 6.45) is 12.0. The molecule has 19 heteroatoms. The normalized spacial score (nSPS) is 13.9. The van der Waals surface area contributed by atoms with E-state index in [1.54, 1.807) is 26.2 Å². The van der Waals surface area contributed by atoms with Crippen LogP contribution >= 0.6 is 0 Å². The van der Waals surface area contributed by atoms with E-state index in [0.717, 1.165) is 38.1 Å². The molecule has 0 aliphatic rings. The summed E-state index contributed by atoms with van der Waals surface area (Å²) in [4.78, 5) is 20.1. The molecule has 0 saturated heterocycles. The zero-order valence-corrected chi connectivity index (χ0v) is 50.6. The zero-order valence-electron chi connectivity index (χ0n) is 36.2. The van der Waals surface area contributed by atoms with Gasteiger partial charge >= 0.3 is 51.4 Å². The van der Waals surface area contributed by atoms with E-state index in [1.165, 1.54) is 51.4 Å². The molecule has 0 aromatic heterocycles. The molecule has 0 amide bonds. The van der Waals surface area contributed by atoms with Crippen LogP contribution in [0.25, 0.3) is 0 Å². The number of hydrogen-bond donors (Lipinski definition) is 2. The van der Waals surface area contributed by atoms with Crippen LogP contribution in [0.2, 0.25) is 117 Å². The molecule has 2 N–H and O–H groups in total. The van der Waals surface area contributed by atoms with Gasteiger partial charge in [0, 0.05) is 13.2 Å². The van der Waals surface area contributed by atoms with Gasteiger partial charge in [-0.25, -0.2) is 14.2 Å². The van der Waals surface area contributed by atoms with E-state index in [2.05, 4.69) is 66.6 Å². The Morgan fingerprint density at radius 1 is 0.353 bits per heavy atom. The number of rotatable bonds is 28. The van der Waals surface area contributed by atoms with Crippen molar-refractivity contribution >= 4 is 68.0 Å². The molecule has 0 heterocycles. The van der Waals surface area contributed by atoms with Crippen LogP contribution < -0.4 is 0 Å². The fourth-order valence-corrected chi connectivity index (χ4v) is 41.4. The van der Waals surface area contributed by atoms with Gasteiger partial charge in [-0.15, -0.1) is 0 Å². The van der Waals surface area contributed by atoms with Crippen LogP contribution in [0.15, 0.2) is 0 Å². The molecule has 0 rings (SSSR count). The summed E-state index contributed by atoms with van der Waals surface area (Å²) in [6, 6.07) is 2.31. The van der Waals surface area contributed by atoms with Gasteiger partial charge in [0.05, 0.1) is 0 Å². The average Bonchev–Trinajstić information content (AvgIpc) is 2.82. The summed E-state index contributed by atoms with van der Waals surface area (Å²) in [7, 11) is -11.2. The molecule has 0 atom stereocenters. The number of ether oxygens (including phenoxy) is 2. The molecule has 0 unspecified atom stereocenters. The van der Waals surface area contributed by atoms with Gasteiger partial charge in [0.15, 0.2) is 16.6 Å². The first kappa shape index (κ1) is 55.7. The Morgan fingerprint density at radius 2 is 0.588 bits per heavy atom. The minimum atomic E-state index is -2.59. The summed E-state index contributed by atoms with van der Waals surface area (Å²) < 4.78 is 47.2. The quantitative estimate of drug-likeness (QED) is 0.0446. The standard InChI is InChI=1S/2C16H41O5Si4.Rf/c2*1-18-15-13-11-10-12-14-16-22(2,3)19-24(6,7)21-25(8,9)20-23(4,5)17;/h2*17H,1,10-16H2,2-9H3;/q2*-1;. The Kier molecular flexibility index (Phi) is 27.0. The Morgan fingerprint density at radius 3 is 0.843 bits per heavy atom. The Labute approximate surface area is 318 Å². The number of hydrogen-bond acceptors (Lipinski definition) is 10. The third-order valence-electron chi connectivity index (χ3n) is 7.15. The molecule has 51 heavy (non-hydrogen) atoms. The van der Waals surface area contributed by atoms with Gasteiger partial charge in [-0.2, -0.15) is 0 Å². The predicted molar refractivity (Wildman–Crippen MR) is 229 cm³/mol. The first-order valence-corrected chi connectivity index (χ1v) is 42.0. The van der Waals surface area contributed by atoms with Crippen LogP contribution in [0.4, 0.5) is 0 Å². The molecule has 0 spiro atoms. The molecule has 306 valence electrons. The smallest absolute Gasteiger partial charge is 0.320 e. The molecule has 0 aliphatic carbocycles. The Hall–Kier alpha value is 0.335. The van der Waals surface area contributed by atoms with Crippen LogP contribution in [0.5, 0.6) is 0 Å². The van der Waals surface area contributed by atoms with E-state index in [-0.39, 0.29) is 0 Å². The van der Waals surface area contributed by atoms with Crippen molar-refractivity contribution in [3.05, 3.63) is 14.2 Å². The maximum atomic E-state index is 10.0. The minimum absolute atomic E-state index is 0. The third-order valence-corrected chi connectivity index (χ3v) is 34.4. The summed E-state index contributed by atoms with van der Waals surface area (Å²) in [6.45, 7) is 34.2. The van der Waals surface area contributed by atoms with Crippen LogP contribution in [0, 0.1) is 14.2 Å². The van der Waals surface area contributed by atoms with Crippen molar-refractivity contribution in [2.24, 2.45) is 0 Å². The monoisotopic (exact) mass is 1120 g/mol. The van der Waals surface area contributed by atoms with Crippen LogP contribution in [-0.2, 0) is 34.2 Å². The summed E-state index contributed by atoms with van der Waals surface area (Å²) >= 11 is 0. The van der Waals surface area contributed by atoms with E-state index >= 15 is 0 Å². The van der Waals surface area contributed by atoms with Gasteiger partial charge in [0.2, 0.25) is 0 Å². The van der Waals surface area contributed by atoms with E-state index in [9.17, 15) is 9.59 Å². The van der Waals surface area contributed by atoms with Crippen LogP contribution in [0.3, 0.4) is 0 Å². The molecule has 0 radical (unpaired) electrons. The van der Waals surface area contributed by atoms with Crippen LogP contribution in [-0.4, -0.2) is 90.8 Å². The third kappa shape index (κ3) is 37.1. The fraction of sp³-hybridized carbons (Fsp3) is 0.938. The second-order valence-electron chi connectivity index (χ2n) is 17.5. The molecule has 0 bridgehead atoms. The fourth-order valence-electron chi connectivity index (χ4n) is 6.47. The zero-order chi connectivity index (χ0) is 39.6. The predicted octanol–water partition coefficient (Wildman–Crippen LogP) is 10.2. The summed E-state index contributed by atoms with van der Waals surface area (Å²) in [5, 5.41) is 0. The largest absolute Gasteiger partial charge is 0.555 e. The van der Waals surface area contributed by atoms with E-state index in [0.29, 0.717) is 0 Å². The molecular weight excluding hydrogens is 1040 g/mol. The summed E-state index contributed by atoms with van der Waals surface area (Å²) in [5.74, 6) is 0. The van der Waals surface area contributed by atoms with Gasteiger partial charge in [-0.05, 0) is 130 Å². The Balaban J connectivity index is -0.000000886. The average molecular weight is 1120 g/mol.